The number of hydrogen-bond acceptors (Lipinski definition) is 1. The molecule has 0 atom stereocenters. The molecule has 0 saturated carbocycles. The average Bonchev–Trinajstić information content (AvgIpc) is 2.81. The van der Waals surface area contributed by atoms with E-state index in [9.17, 15) is 0 Å². The first-order valence-electron chi connectivity index (χ1n) is 7.13. The molecule has 1 heterocycles. The number of hydrogen-bond donors (Lipinski definition) is 1. The Bertz CT molecular complexity index is 537. The molecule has 19 heavy (non-hydrogen) atoms. The molecule has 0 radical (unpaired) electrons. The number of rotatable bonds is 7. The largest absolute Gasteiger partial charge is 0.347 e. The van der Waals surface area contributed by atoms with Gasteiger partial charge in [0.25, 0.3) is 0 Å². The number of unbranched alkanes of at least 4 members (excludes halogenated alkanes) is 1. The number of para-hydroxylation sites is 1. The van der Waals surface area contributed by atoms with Crippen molar-refractivity contribution in [1.29, 1.82) is 0 Å². The molecular formula is C17H24N2. The van der Waals surface area contributed by atoms with Gasteiger partial charge in [0.15, 0.2) is 0 Å². The van der Waals surface area contributed by atoms with Crippen LogP contribution in [-0.4, -0.2) is 10.6 Å². The minimum atomic E-state index is 0.513. The smallest absolute Gasteiger partial charge is 0.0525 e. The Labute approximate surface area is 116 Å². The molecule has 0 amide bonds. The third-order valence-corrected chi connectivity index (χ3v) is 3.38. The normalized spacial score (nSPS) is 11.3. The summed E-state index contributed by atoms with van der Waals surface area (Å²) in [4.78, 5) is 0. The van der Waals surface area contributed by atoms with E-state index >= 15 is 0 Å². The van der Waals surface area contributed by atoms with Gasteiger partial charge in [-0.3, -0.25) is 0 Å². The van der Waals surface area contributed by atoms with Crippen LogP contribution in [0.5, 0.6) is 0 Å². The molecule has 0 aliphatic rings. The summed E-state index contributed by atoms with van der Waals surface area (Å²) in [5.74, 6) is 0. The van der Waals surface area contributed by atoms with Crippen molar-refractivity contribution in [1.82, 2.24) is 9.88 Å². The molecule has 1 N–H and O–H groups in total. The zero-order chi connectivity index (χ0) is 13.7. The number of aryl methyl sites for hydroxylation is 1. The molecule has 0 bridgehead atoms. The summed E-state index contributed by atoms with van der Waals surface area (Å²) in [6.07, 6.45) is 6.42. The van der Waals surface area contributed by atoms with Crippen LogP contribution < -0.4 is 5.32 Å². The molecule has 2 heteroatoms. The van der Waals surface area contributed by atoms with Crippen LogP contribution in [0.4, 0.5) is 0 Å². The van der Waals surface area contributed by atoms with Gasteiger partial charge in [0.05, 0.1) is 5.52 Å². The Balaban J connectivity index is 2.24. The second-order valence-corrected chi connectivity index (χ2v) is 5.33. The summed E-state index contributed by atoms with van der Waals surface area (Å²) in [6, 6.07) is 9.29. The molecule has 1 aromatic heterocycles. The van der Waals surface area contributed by atoms with Gasteiger partial charge in [-0.2, -0.15) is 0 Å². The standard InChI is InChI=1S/C17H24N2/c1-4-5-6-11-19-12-10-15-8-7-9-16(17(15)19)13-18-14(2)3/h4,7-10,12,14,18H,1,5-6,11,13H2,2-3H3. The van der Waals surface area contributed by atoms with Crippen LogP contribution in [0.15, 0.2) is 43.1 Å². The monoisotopic (exact) mass is 256 g/mol. The number of aromatic nitrogens is 1. The minimum absolute atomic E-state index is 0.513. The lowest BCUT2D eigenvalue weighted by Gasteiger charge is -2.12. The van der Waals surface area contributed by atoms with E-state index in [1.165, 1.54) is 16.5 Å². The van der Waals surface area contributed by atoms with E-state index in [0.29, 0.717) is 6.04 Å². The average molecular weight is 256 g/mol. The third kappa shape index (κ3) is 3.48. The van der Waals surface area contributed by atoms with Crippen LogP contribution in [-0.2, 0) is 13.1 Å². The topological polar surface area (TPSA) is 17.0 Å². The fraction of sp³-hybridized carbons (Fsp3) is 0.412. The predicted molar refractivity (Wildman–Crippen MR) is 83.3 cm³/mol. The number of nitrogens with one attached hydrogen (secondary N) is 1. The first-order chi connectivity index (χ1) is 9.22. The van der Waals surface area contributed by atoms with Crippen molar-refractivity contribution in [3.8, 4) is 0 Å². The summed E-state index contributed by atoms with van der Waals surface area (Å²) in [5, 5.41) is 4.84. The van der Waals surface area contributed by atoms with Crippen molar-refractivity contribution in [3.63, 3.8) is 0 Å². The highest BCUT2D eigenvalue weighted by Crippen LogP contribution is 2.21. The van der Waals surface area contributed by atoms with Crippen LogP contribution in [0.25, 0.3) is 10.9 Å². The molecule has 0 spiro atoms. The van der Waals surface area contributed by atoms with Crippen molar-refractivity contribution in [2.75, 3.05) is 0 Å². The summed E-state index contributed by atoms with van der Waals surface area (Å²) < 4.78 is 2.37. The van der Waals surface area contributed by atoms with E-state index in [1.807, 2.05) is 6.08 Å². The SMILES string of the molecule is C=CCCCn1ccc2cccc(CNC(C)C)c21. The first kappa shape index (κ1) is 13.9. The molecular weight excluding hydrogens is 232 g/mol. The van der Waals surface area contributed by atoms with Gasteiger partial charge in [-0.25, -0.2) is 0 Å². The van der Waals surface area contributed by atoms with Gasteiger partial charge in [-0.15, -0.1) is 6.58 Å². The molecule has 1 aromatic carbocycles. The lowest BCUT2D eigenvalue weighted by atomic mass is 10.1. The third-order valence-electron chi connectivity index (χ3n) is 3.38. The van der Waals surface area contributed by atoms with Crippen LogP contribution in [0.3, 0.4) is 0 Å². The molecule has 0 unspecified atom stereocenters. The van der Waals surface area contributed by atoms with Crippen LogP contribution >= 0.6 is 0 Å². The second-order valence-electron chi connectivity index (χ2n) is 5.33. The van der Waals surface area contributed by atoms with E-state index < -0.39 is 0 Å². The zero-order valence-corrected chi connectivity index (χ0v) is 12.0. The van der Waals surface area contributed by atoms with Crippen molar-refractivity contribution in [2.24, 2.45) is 0 Å². The molecule has 2 aromatic rings. The van der Waals surface area contributed by atoms with Gasteiger partial charge in [0.1, 0.15) is 0 Å². The van der Waals surface area contributed by atoms with Gasteiger partial charge in [-0.05, 0) is 29.9 Å². The van der Waals surface area contributed by atoms with Crippen LogP contribution in [0, 0.1) is 0 Å². The Hall–Kier alpha value is -1.54. The molecule has 0 aliphatic heterocycles. The number of nitrogens with zero attached hydrogens (tertiary/aromatic N) is 1. The maximum absolute atomic E-state index is 3.79. The number of fused-ring (bicyclic) bond motifs is 1. The molecule has 0 aliphatic carbocycles. The molecule has 0 fully saturated rings. The van der Waals surface area contributed by atoms with Gasteiger partial charge in [0, 0.05) is 25.3 Å². The number of allylic oxidation sites excluding steroid dienone is 1. The summed E-state index contributed by atoms with van der Waals surface area (Å²) in [5.41, 5.74) is 2.76. The van der Waals surface area contributed by atoms with E-state index in [2.05, 4.69) is 60.8 Å². The quantitative estimate of drug-likeness (QED) is 0.583. The molecule has 0 saturated heterocycles. The van der Waals surface area contributed by atoms with E-state index in [-0.39, 0.29) is 0 Å². The lowest BCUT2D eigenvalue weighted by molar-refractivity contribution is 0.587. The maximum Gasteiger partial charge on any atom is 0.0525 e. The second kappa shape index (κ2) is 6.58. The Morgan fingerprint density at radius 2 is 2.16 bits per heavy atom. The Morgan fingerprint density at radius 3 is 2.89 bits per heavy atom. The van der Waals surface area contributed by atoms with Crippen LogP contribution in [0.2, 0.25) is 0 Å². The highest BCUT2D eigenvalue weighted by Gasteiger charge is 2.06. The molecule has 102 valence electrons. The zero-order valence-electron chi connectivity index (χ0n) is 12.0. The maximum atomic E-state index is 3.79. The van der Waals surface area contributed by atoms with Gasteiger partial charge in [0.2, 0.25) is 0 Å². The Kier molecular flexibility index (Phi) is 4.80. The summed E-state index contributed by atoms with van der Waals surface area (Å²) >= 11 is 0. The lowest BCUT2D eigenvalue weighted by Crippen LogP contribution is -2.22. The minimum Gasteiger partial charge on any atom is -0.347 e. The van der Waals surface area contributed by atoms with Crippen LogP contribution in [0.1, 0.15) is 32.3 Å². The first-order valence-corrected chi connectivity index (χ1v) is 7.13. The van der Waals surface area contributed by atoms with Crippen molar-refractivity contribution in [3.05, 3.63) is 48.7 Å². The van der Waals surface area contributed by atoms with Gasteiger partial charge < -0.3 is 9.88 Å². The molecule has 2 rings (SSSR count). The fourth-order valence-electron chi connectivity index (χ4n) is 2.39. The number of benzene rings is 1. The van der Waals surface area contributed by atoms with Crippen molar-refractivity contribution < 1.29 is 0 Å². The fourth-order valence-corrected chi connectivity index (χ4v) is 2.39. The molecule has 2 nitrogen and oxygen atoms in total. The van der Waals surface area contributed by atoms with E-state index in [1.54, 1.807) is 0 Å². The van der Waals surface area contributed by atoms with E-state index in [4.69, 9.17) is 0 Å². The van der Waals surface area contributed by atoms with Gasteiger partial charge in [-0.1, -0.05) is 38.1 Å². The summed E-state index contributed by atoms with van der Waals surface area (Å²) in [7, 11) is 0. The predicted octanol–water partition coefficient (Wildman–Crippen LogP) is 4.11. The van der Waals surface area contributed by atoms with E-state index in [0.717, 1.165) is 25.9 Å². The van der Waals surface area contributed by atoms with Gasteiger partial charge >= 0.3 is 0 Å². The highest BCUT2D eigenvalue weighted by molar-refractivity contribution is 5.83. The van der Waals surface area contributed by atoms with Crippen molar-refractivity contribution in [2.45, 2.75) is 45.8 Å². The van der Waals surface area contributed by atoms with Crippen molar-refractivity contribution >= 4 is 10.9 Å². The summed E-state index contributed by atoms with van der Waals surface area (Å²) in [6.45, 7) is 10.2. The highest BCUT2D eigenvalue weighted by atomic mass is 15.0. The Morgan fingerprint density at radius 1 is 1.32 bits per heavy atom.